The Balaban J connectivity index is 2.21. The molecule has 2 N–H and O–H groups in total. The average molecular weight is 407 g/mol. The first kappa shape index (κ1) is 19.0. The summed E-state index contributed by atoms with van der Waals surface area (Å²) in [6, 6.07) is 1.53. The molecule has 3 aromatic rings. The van der Waals surface area contributed by atoms with Gasteiger partial charge in [-0.25, -0.2) is 9.97 Å². The Kier molecular flexibility index (Phi) is 4.34. The van der Waals surface area contributed by atoms with Gasteiger partial charge in [-0.15, -0.1) is 10.2 Å². The summed E-state index contributed by atoms with van der Waals surface area (Å²) in [5.74, 6) is -5.36. The highest BCUT2D eigenvalue weighted by molar-refractivity contribution is 7.79. The SMILES string of the molecule is Cn1c(-c2ncc(N)cc2S(=O)[O-])nc2cc(C(F)(F)C(F)(F)F)nnc21. The van der Waals surface area contributed by atoms with Gasteiger partial charge in [-0.1, -0.05) is 0 Å². The van der Waals surface area contributed by atoms with E-state index in [9.17, 15) is 30.7 Å². The number of nitrogens with two attached hydrogens (primary N) is 1. The van der Waals surface area contributed by atoms with Gasteiger partial charge in [0.1, 0.15) is 16.9 Å². The van der Waals surface area contributed by atoms with Gasteiger partial charge in [0.05, 0.1) is 16.8 Å². The molecule has 8 nitrogen and oxygen atoms in total. The van der Waals surface area contributed by atoms with Crippen LogP contribution in [0.15, 0.2) is 23.2 Å². The van der Waals surface area contributed by atoms with Crippen LogP contribution < -0.4 is 5.73 Å². The predicted octanol–water partition coefficient (Wildman–Crippen LogP) is 1.90. The molecule has 0 aromatic carbocycles. The van der Waals surface area contributed by atoms with E-state index in [4.69, 9.17) is 5.73 Å². The molecule has 0 fully saturated rings. The van der Waals surface area contributed by atoms with E-state index >= 15 is 0 Å². The minimum absolute atomic E-state index is 0.0450. The Morgan fingerprint density at radius 1 is 1.19 bits per heavy atom. The highest BCUT2D eigenvalue weighted by Gasteiger charge is 2.60. The number of halogens is 5. The second-order valence-electron chi connectivity index (χ2n) is 5.36. The number of fused-ring (bicyclic) bond motifs is 1. The van der Waals surface area contributed by atoms with Gasteiger partial charge in [0, 0.05) is 7.05 Å². The summed E-state index contributed by atoms with van der Waals surface area (Å²) >= 11 is -2.76. The van der Waals surface area contributed by atoms with Crippen LogP contribution in [-0.4, -0.2) is 39.7 Å². The topological polar surface area (TPSA) is 123 Å². The van der Waals surface area contributed by atoms with Crippen molar-refractivity contribution >= 4 is 27.9 Å². The maximum absolute atomic E-state index is 13.5. The lowest BCUT2D eigenvalue weighted by molar-refractivity contribution is -0.291. The smallest absolute Gasteiger partial charge is 0.459 e. The van der Waals surface area contributed by atoms with Crippen LogP contribution in [0.2, 0.25) is 0 Å². The third-order valence-electron chi connectivity index (χ3n) is 3.56. The standard InChI is InChI=1S/C13H9F5N6O2S/c1-24-10-6(3-8(22-23-10)12(14,15)13(16,17)18)21-11(24)9-7(27(25)26)2-5(19)4-20-9/h2-4H,19H2,1H3,(H,25,26)/p-1. The lowest BCUT2D eigenvalue weighted by Crippen LogP contribution is -2.34. The Morgan fingerprint density at radius 2 is 1.85 bits per heavy atom. The molecule has 1 unspecified atom stereocenters. The largest absolute Gasteiger partial charge is 0.768 e. The van der Waals surface area contributed by atoms with Gasteiger partial charge in [-0.3, -0.25) is 4.21 Å². The number of aryl methyl sites for hydroxylation is 1. The van der Waals surface area contributed by atoms with Crippen molar-refractivity contribution in [1.29, 1.82) is 0 Å². The highest BCUT2D eigenvalue weighted by Crippen LogP contribution is 2.43. The molecule has 0 saturated carbocycles. The van der Waals surface area contributed by atoms with Crippen molar-refractivity contribution in [3.63, 3.8) is 0 Å². The van der Waals surface area contributed by atoms with E-state index in [2.05, 4.69) is 20.2 Å². The molecule has 0 aliphatic heterocycles. The van der Waals surface area contributed by atoms with Crippen LogP contribution in [0.4, 0.5) is 27.6 Å². The molecule has 0 aliphatic carbocycles. The van der Waals surface area contributed by atoms with E-state index in [0.29, 0.717) is 6.07 Å². The van der Waals surface area contributed by atoms with Crippen molar-refractivity contribution in [3.05, 3.63) is 24.0 Å². The number of imidazole rings is 1. The molecule has 0 spiro atoms. The van der Waals surface area contributed by atoms with Crippen molar-refractivity contribution < 1.29 is 30.7 Å². The number of alkyl halides is 5. The normalized spacial score (nSPS) is 13.9. The molecule has 0 amide bonds. The van der Waals surface area contributed by atoms with E-state index in [1.165, 1.54) is 7.05 Å². The fourth-order valence-electron chi connectivity index (χ4n) is 2.25. The van der Waals surface area contributed by atoms with Gasteiger partial charge >= 0.3 is 12.1 Å². The number of nitrogen functional groups attached to an aromatic ring is 1. The lowest BCUT2D eigenvalue weighted by atomic mass is 10.2. The van der Waals surface area contributed by atoms with Crippen LogP contribution in [0.3, 0.4) is 0 Å². The molecule has 3 aromatic heterocycles. The van der Waals surface area contributed by atoms with Crippen LogP contribution >= 0.6 is 0 Å². The van der Waals surface area contributed by atoms with E-state index in [1.54, 1.807) is 0 Å². The molecule has 144 valence electrons. The Bertz CT molecular complexity index is 1070. The van der Waals surface area contributed by atoms with Gasteiger partial charge < -0.3 is 14.9 Å². The summed E-state index contributed by atoms with van der Waals surface area (Å²) in [4.78, 5) is 7.42. The molecule has 27 heavy (non-hydrogen) atoms. The number of aromatic nitrogens is 5. The van der Waals surface area contributed by atoms with E-state index in [-0.39, 0.29) is 33.3 Å². The first-order valence-electron chi connectivity index (χ1n) is 6.94. The van der Waals surface area contributed by atoms with Crippen LogP contribution in [-0.2, 0) is 24.1 Å². The van der Waals surface area contributed by atoms with Crippen molar-refractivity contribution in [2.24, 2.45) is 7.05 Å². The third kappa shape index (κ3) is 3.10. The van der Waals surface area contributed by atoms with Crippen LogP contribution in [0, 0.1) is 0 Å². The minimum Gasteiger partial charge on any atom is -0.768 e. The molecule has 0 bridgehead atoms. The fourth-order valence-corrected chi connectivity index (χ4v) is 2.79. The number of hydrogen-bond donors (Lipinski definition) is 1. The zero-order valence-electron chi connectivity index (χ0n) is 13.2. The Labute approximate surface area is 149 Å². The van der Waals surface area contributed by atoms with E-state index in [1.807, 2.05) is 0 Å². The quantitative estimate of drug-likeness (QED) is 0.520. The first-order chi connectivity index (χ1) is 12.4. The van der Waals surface area contributed by atoms with Gasteiger partial charge in [0.15, 0.2) is 11.5 Å². The number of pyridine rings is 1. The number of rotatable bonds is 3. The third-order valence-corrected chi connectivity index (χ3v) is 4.23. The van der Waals surface area contributed by atoms with Crippen LogP contribution in [0.1, 0.15) is 5.69 Å². The molecular weight excluding hydrogens is 399 g/mol. The van der Waals surface area contributed by atoms with Gasteiger partial charge in [0.25, 0.3) is 0 Å². The van der Waals surface area contributed by atoms with Gasteiger partial charge in [-0.2, -0.15) is 22.0 Å². The van der Waals surface area contributed by atoms with Crippen molar-refractivity contribution in [2.45, 2.75) is 17.0 Å². The summed E-state index contributed by atoms with van der Waals surface area (Å²) < 4.78 is 88.4. The molecule has 0 radical (unpaired) electrons. The summed E-state index contributed by atoms with van der Waals surface area (Å²) in [5.41, 5.74) is 3.23. The Morgan fingerprint density at radius 3 is 2.44 bits per heavy atom. The van der Waals surface area contributed by atoms with E-state index in [0.717, 1.165) is 16.8 Å². The van der Waals surface area contributed by atoms with Crippen molar-refractivity contribution in [3.8, 4) is 11.5 Å². The maximum atomic E-state index is 13.5. The highest BCUT2D eigenvalue weighted by atomic mass is 32.2. The predicted molar refractivity (Wildman–Crippen MR) is 81.1 cm³/mol. The second-order valence-corrected chi connectivity index (χ2v) is 6.26. The molecule has 3 rings (SSSR count). The van der Waals surface area contributed by atoms with Crippen molar-refractivity contribution in [1.82, 2.24) is 24.7 Å². The number of nitrogens with zero attached hydrogens (tertiary/aromatic N) is 5. The molecule has 14 heteroatoms. The maximum Gasteiger partial charge on any atom is 0.459 e. The number of anilines is 1. The summed E-state index contributed by atoms with van der Waals surface area (Å²) in [6.07, 6.45) is -4.72. The van der Waals surface area contributed by atoms with Crippen LogP contribution in [0.5, 0.6) is 0 Å². The monoisotopic (exact) mass is 407 g/mol. The van der Waals surface area contributed by atoms with Crippen LogP contribution in [0.25, 0.3) is 22.7 Å². The summed E-state index contributed by atoms with van der Waals surface area (Å²) in [6.45, 7) is 0. The van der Waals surface area contributed by atoms with Gasteiger partial charge in [-0.05, 0) is 23.2 Å². The Hall–Kier alpha value is -2.74. The summed E-state index contributed by atoms with van der Waals surface area (Å²) in [7, 11) is 1.34. The number of hydrogen-bond acceptors (Lipinski definition) is 7. The fraction of sp³-hybridized carbons (Fsp3) is 0.231. The molecule has 0 saturated heterocycles. The zero-order chi connectivity index (χ0) is 20.1. The molecular formula is C13H8F5N6O2S-. The minimum atomic E-state index is -5.86. The zero-order valence-corrected chi connectivity index (χ0v) is 14.0. The molecule has 3 heterocycles. The first-order valence-corrected chi connectivity index (χ1v) is 8.01. The van der Waals surface area contributed by atoms with E-state index < -0.39 is 28.9 Å². The molecule has 0 aliphatic rings. The lowest BCUT2D eigenvalue weighted by Gasteiger charge is -2.17. The average Bonchev–Trinajstić information content (AvgIpc) is 2.90. The summed E-state index contributed by atoms with van der Waals surface area (Å²) in [5, 5.41) is 6.30. The second kappa shape index (κ2) is 6.16. The van der Waals surface area contributed by atoms with Gasteiger partial charge in [0.2, 0.25) is 0 Å². The molecule has 1 atom stereocenters. The van der Waals surface area contributed by atoms with Crippen molar-refractivity contribution in [2.75, 3.05) is 5.73 Å².